The number of thioether (sulfide) groups is 1. The Bertz CT molecular complexity index is 833. The number of amides is 2. The van der Waals surface area contributed by atoms with Gasteiger partial charge in [-0.3, -0.25) is 9.59 Å². The number of hydrogen-bond acceptors (Lipinski definition) is 7. The van der Waals surface area contributed by atoms with E-state index in [1.807, 2.05) is 32.0 Å². The molecule has 0 aliphatic carbocycles. The van der Waals surface area contributed by atoms with Crippen LogP contribution in [0.25, 0.3) is 0 Å². The number of aromatic nitrogens is 4. The van der Waals surface area contributed by atoms with Crippen molar-refractivity contribution in [2.24, 2.45) is 5.73 Å². The van der Waals surface area contributed by atoms with Crippen LogP contribution in [0.1, 0.15) is 37.3 Å². The lowest BCUT2D eigenvalue weighted by atomic mass is 9.95. The highest BCUT2D eigenvalue weighted by Crippen LogP contribution is 2.56. The van der Waals surface area contributed by atoms with Crippen molar-refractivity contribution in [3.05, 3.63) is 41.7 Å². The van der Waals surface area contributed by atoms with Gasteiger partial charge in [0.1, 0.15) is 23.5 Å². The Hall–Kier alpha value is -2.17. The number of rotatable bonds is 4. The highest BCUT2D eigenvalue weighted by molar-refractivity contribution is 8.01. The fourth-order valence-electron chi connectivity index (χ4n) is 3.50. The summed E-state index contributed by atoms with van der Waals surface area (Å²) >= 11 is 1.61. The summed E-state index contributed by atoms with van der Waals surface area (Å²) in [7, 11) is 0. The molecule has 2 aliphatic rings. The molecule has 2 amide bonds. The molecule has 2 saturated heterocycles. The average molecular weight is 410 g/mol. The number of H-pyrrole nitrogens is 1. The first-order valence-electron chi connectivity index (χ1n) is 8.24. The number of nitrogens with zero attached hydrogens (tertiary/aromatic N) is 4. The number of carbonyl (C=O) groups excluding carboxylic acids is 2. The number of carbonyl (C=O) groups is 2. The van der Waals surface area contributed by atoms with E-state index in [1.54, 1.807) is 28.8 Å². The third-order valence-electron chi connectivity index (χ3n) is 4.79. The van der Waals surface area contributed by atoms with Gasteiger partial charge in [-0.05, 0) is 19.4 Å². The average Bonchev–Trinajstić information content (AvgIpc) is 3.23. The maximum absolute atomic E-state index is 12.7. The van der Waals surface area contributed by atoms with Crippen LogP contribution in [0, 0.1) is 0 Å². The van der Waals surface area contributed by atoms with Gasteiger partial charge >= 0.3 is 0 Å². The summed E-state index contributed by atoms with van der Waals surface area (Å²) in [5, 5.41) is 16.7. The van der Waals surface area contributed by atoms with E-state index in [4.69, 9.17) is 5.73 Å². The van der Waals surface area contributed by atoms with Crippen molar-refractivity contribution in [2.45, 2.75) is 42.1 Å². The first kappa shape index (κ1) is 19.6. The lowest BCUT2D eigenvalue weighted by molar-refractivity contribution is -0.152. The highest BCUT2D eigenvalue weighted by atomic mass is 35.5. The van der Waals surface area contributed by atoms with Crippen molar-refractivity contribution in [1.82, 2.24) is 30.8 Å². The van der Waals surface area contributed by atoms with Gasteiger partial charge in [0.25, 0.3) is 0 Å². The quantitative estimate of drug-likeness (QED) is 0.628. The van der Waals surface area contributed by atoms with E-state index in [1.165, 1.54) is 0 Å². The van der Waals surface area contributed by atoms with Gasteiger partial charge in [-0.25, -0.2) is 0 Å². The monoisotopic (exact) mass is 409 g/mol. The lowest BCUT2D eigenvalue weighted by Crippen LogP contribution is -2.68. The van der Waals surface area contributed by atoms with Crippen molar-refractivity contribution in [2.75, 3.05) is 0 Å². The van der Waals surface area contributed by atoms with E-state index in [2.05, 4.69) is 25.9 Å². The first-order chi connectivity index (χ1) is 12.4. The fourth-order valence-corrected chi connectivity index (χ4v) is 5.13. The van der Waals surface area contributed by atoms with Gasteiger partial charge in [0, 0.05) is 4.75 Å². The number of nitrogens with two attached hydrogens (primary N) is 1. The maximum Gasteiger partial charge on any atom is 0.249 e. The molecule has 1 aromatic heterocycles. The number of fused-ring (bicyclic) bond motifs is 1. The summed E-state index contributed by atoms with van der Waals surface area (Å²) in [5.41, 5.74) is 6.74. The van der Waals surface area contributed by atoms with E-state index in [-0.39, 0.29) is 40.4 Å². The number of aromatic amines is 1. The zero-order chi connectivity index (χ0) is 18.5. The highest BCUT2D eigenvalue weighted by Gasteiger charge is 2.63. The minimum absolute atomic E-state index is 0. The molecule has 2 fully saturated rings. The summed E-state index contributed by atoms with van der Waals surface area (Å²) in [6, 6.07) is 7.38. The molecule has 11 heteroatoms. The van der Waals surface area contributed by atoms with Gasteiger partial charge in [-0.1, -0.05) is 35.5 Å². The number of halogens is 1. The molecule has 4 atom stereocenters. The molecule has 4 N–H and O–H groups in total. The molecular weight excluding hydrogens is 390 g/mol. The van der Waals surface area contributed by atoms with E-state index in [9.17, 15) is 9.59 Å². The van der Waals surface area contributed by atoms with Crippen LogP contribution in [0.15, 0.2) is 30.3 Å². The predicted molar refractivity (Wildman–Crippen MR) is 102 cm³/mol. The second-order valence-corrected chi connectivity index (χ2v) is 8.68. The molecule has 1 aromatic carbocycles. The molecule has 0 spiro atoms. The Morgan fingerprint density at radius 2 is 2.07 bits per heavy atom. The molecular formula is C16H20ClN7O2S. The fraction of sp³-hybridized carbons (Fsp3) is 0.438. The number of β-lactam (4-membered cyclic amide) rings is 1. The molecule has 0 saturated carbocycles. The van der Waals surface area contributed by atoms with Crippen LogP contribution in [-0.4, -0.2) is 53.5 Å². The van der Waals surface area contributed by atoms with Crippen molar-refractivity contribution >= 4 is 36.0 Å². The van der Waals surface area contributed by atoms with Crippen LogP contribution in [-0.2, 0) is 9.59 Å². The van der Waals surface area contributed by atoms with Gasteiger partial charge in [-0.2, -0.15) is 5.21 Å². The number of benzene rings is 1. The number of hydrogen-bond donors (Lipinski definition) is 3. The third kappa shape index (κ3) is 3.17. The summed E-state index contributed by atoms with van der Waals surface area (Å²) < 4.78 is -0.300. The smallest absolute Gasteiger partial charge is 0.249 e. The molecule has 9 nitrogen and oxygen atoms in total. The third-order valence-corrected chi connectivity index (χ3v) is 6.36. The van der Waals surface area contributed by atoms with E-state index in [0.717, 1.165) is 0 Å². The standard InChI is InChI=1S/C16H19N7O2S.ClH/c1-16(2)11(12-19-21-22-20-12)23-14(25)10(15(23)26-16)18-13(24)9(17)8-6-4-3-5-7-8;/h3-7,9-11,15H,17H2,1-2H3,(H,18,24)(H,19,20,21,22);1H/t9?,10?,11?,15-;/m0./s1. The Kier molecular flexibility index (Phi) is 5.15. The van der Waals surface area contributed by atoms with E-state index in [0.29, 0.717) is 11.4 Å². The molecule has 0 bridgehead atoms. The predicted octanol–water partition coefficient (Wildman–Crippen LogP) is 0.541. The molecule has 4 rings (SSSR count). The van der Waals surface area contributed by atoms with Gasteiger partial charge in [0.15, 0.2) is 5.82 Å². The molecule has 27 heavy (non-hydrogen) atoms. The minimum atomic E-state index is -0.814. The molecule has 0 radical (unpaired) electrons. The Balaban J connectivity index is 0.00000210. The first-order valence-corrected chi connectivity index (χ1v) is 9.12. The lowest BCUT2D eigenvalue weighted by Gasteiger charge is -2.44. The van der Waals surface area contributed by atoms with Crippen molar-refractivity contribution in [1.29, 1.82) is 0 Å². The van der Waals surface area contributed by atoms with Crippen molar-refractivity contribution < 1.29 is 9.59 Å². The normalized spacial score (nSPS) is 26.6. The van der Waals surface area contributed by atoms with Crippen LogP contribution in [0.5, 0.6) is 0 Å². The molecule has 3 heterocycles. The van der Waals surface area contributed by atoms with E-state index < -0.39 is 12.1 Å². The van der Waals surface area contributed by atoms with Crippen LogP contribution in [0.4, 0.5) is 0 Å². The topological polar surface area (TPSA) is 130 Å². The zero-order valence-electron chi connectivity index (χ0n) is 14.7. The van der Waals surface area contributed by atoms with Gasteiger partial charge in [-0.15, -0.1) is 34.4 Å². The Morgan fingerprint density at radius 1 is 1.37 bits per heavy atom. The van der Waals surface area contributed by atoms with Gasteiger partial charge < -0.3 is 16.0 Å². The zero-order valence-corrected chi connectivity index (χ0v) is 16.3. The van der Waals surface area contributed by atoms with Crippen LogP contribution >= 0.6 is 24.2 Å². The number of tetrazole rings is 1. The van der Waals surface area contributed by atoms with Crippen LogP contribution in [0.2, 0.25) is 0 Å². The largest absolute Gasteiger partial charge is 0.340 e. The van der Waals surface area contributed by atoms with Gasteiger partial charge in [0.2, 0.25) is 11.8 Å². The Morgan fingerprint density at radius 3 is 2.70 bits per heavy atom. The summed E-state index contributed by atoms with van der Waals surface area (Å²) in [6.07, 6.45) is 0. The van der Waals surface area contributed by atoms with Crippen molar-refractivity contribution in [3.8, 4) is 0 Å². The van der Waals surface area contributed by atoms with Crippen molar-refractivity contribution in [3.63, 3.8) is 0 Å². The maximum atomic E-state index is 12.7. The van der Waals surface area contributed by atoms with Crippen LogP contribution < -0.4 is 11.1 Å². The SMILES string of the molecule is CC1(C)S[C@H]2C(NC(=O)C(N)c3ccccc3)C(=O)N2C1c1nn[nH]n1.Cl. The molecule has 144 valence electrons. The summed E-state index contributed by atoms with van der Waals surface area (Å²) in [6.45, 7) is 4.05. The minimum Gasteiger partial charge on any atom is -0.340 e. The van der Waals surface area contributed by atoms with E-state index >= 15 is 0 Å². The Labute approximate surface area is 166 Å². The molecule has 2 aliphatic heterocycles. The van der Waals surface area contributed by atoms with Gasteiger partial charge in [0.05, 0.1) is 0 Å². The molecule has 3 unspecified atom stereocenters. The second-order valence-electron chi connectivity index (χ2n) is 6.90. The summed E-state index contributed by atoms with van der Waals surface area (Å²) in [4.78, 5) is 26.9. The van der Waals surface area contributed by atoms with Crippen LogP contribution in [0.3, 0.4) is 0 Å². The number of nitrogens with one attached hydrogen (secondary N) is 2. The second kappa shape index (κ2) is 7.10. The summed E-state index contributed by atoms with van der Waals surface area (Å²) in [5.74, 6) is -0.0452. The molecule has 2 aromatic rings.